The molecule has 0 aromatic heterocycles. The highest BCUT2D eigenvalue weighted by atomic mass is 16.5. The van der Waals surface area contributed by atoms with Gasteiger partial charge in [-0.25, -0.2) is 4.79 Å². The molecule has 3 aliphatic rings. The van der Waals surface area contributed by atoms with Crippen LogP contribution in [-0.2, 0) is 20.9 Å². The third-order valence-electron chi connectivity index (χ3n) is 8.21. The first-order valence-corrected chi connectivity index (χ1v) is 13.7. The van der Waals surface area contributed by atoms with Gasteiger partial charge in [-0.2, -0.15) is 0 Å². The third-order valence-corrected chi connectivity index (χ3v) is 8.21. The zero-order valence-corrected chi connectivity index (χ0v) is 21.5. The summed E-state index contributed by atoms with van der Waals surface area (Å²) in [6, 6.07) is 7.10. The van der Waals surface area contributed by atoms with Crippen LogP contribution in [0, 0.1) is 5.92 Å². The molecule has 2 aliphatic heterocycles. The number of piperidine rings is 1. The molecule has 1 aromatic rings. The fraction of sp³-hybridized carbons (Fsp3) is 0.679. The number of amides is 2. The van der Waals surface area contributed by atoms with Crippen LogP contribution in [0.4, 0.5) is 0 Å². The summed E-state index contributed by atoms with van der Waals surface area (Å²) in [5, 5.41) is 11.9. The minimum absolute atomic E-state index is 0.0404. The summed E-state index contributed by atoms with van der Waals surface area (Å²) in [6.07, 6.45) is 10.1. The van der Waals surface area contributed by atoms with Gasteiger partial charge in [0.1, 0.15) is 17.3 Å². The lowest BCUT2D eigenvalue weighted by molar-refractivity contribution is -0.162. The number of nitrogens with one attached hydrogen (secondary N) is 1. The van der Waals surface area contributed by atoms with E-state index in [1.54, 1.807) is 12.1 Å². The number of carbonyl (C=O) groups is 3. The maximum Gasteiger partial charge on any atom is 0.341 e. The van der Waals surface area contributed by atoms with Crippen LogP contribution in [-0.4, -0.2) is 70.5 Å². The zero-order chi connectivity index (χ0) is 25.5. The van der Waals surface area contributed by atoms with Gasteiger partial charge in [0.2, 0.25) is 11.8 Å². The van der Waals surface area contributed by atoms with Crippen molar-refractivity contribution in [2.45, 2.75) is 89.3 Å². The number of likely N-dealkylation sites (tertiary alicyclic amines) is 1. The topological polar surface area (TPSA) is 99.2 Å². The Morgan fingerprint density at radius 1 is 1.11 bits per heavy atom. The van der Waals surface area contributed by atoms with Crippen LogP contribution in [0.2, 0.25) is 0 Å². The van der Waals surface area contributed by atoms with Gasteiger partial charge in [-0.1, -0.05) is 57.6 Å². The monoisotopic (exact) mass is 499 g/mol. The lowest BCUT2D eigenvalue weighted by atomic mass is 9.79. The highest BCUT2D eigenvalue weighted by molar-refractivity contribution is 6.00. The second kappa shape index (κ2) is 12.1. The molecule has 2 amide bonds. The van der Waals surface area contributed by atoms with E-state index < -0.39 is 11.5 Å². The van der Waals surface area contributed by atoms with E-state index in [0.717, 1.165) is 44.5 Å². The van der Waals surface area contributed by atoms with Crippen molar-refractivity contribution in [2.75, 3.05) is 26.2 Å². The number of unbranched alkanes of at least 4 members (excludes halogenated alkanes) is 1. The molecule has 1 saturated carbocycles. The molecule has 8 heteroatoms. The molecule has 0 unspecified atom stereocenters. The van der Waals surface area contributed by atoms with Gasteiger partial charge in [-0.05, 0) is 49.3 Å². The molecule has 2 N–H and O–H groups in total. The third kappa shape index (κ3) is 6.20. The maximum atomic E-state index is 13.7. The highest BCUT2D eigenvalue weighted by Crippen LogP contribution is 2.36. The van der Waals surface area contributed by atoms with Crippen molar-refractivity contribution in [1.29, 1.82) is 0 Å². The average molecular weight is 500 g/mol. The predicted octanol–water partition coefficient (Wildman–Crippen LogP) is 3.58. The fourth-order valence-electron chi connectivity index (χ4n) is 6.10. The molecule has 0 bridgehead atoms. The van der Waals surface area contributed by atoms with Crippen molar-refractivity contribution in [1.82, 2.24) is 15.1 Å². The number of carbonyl (C=O) groups excluding carboxylic acids is 2. The molecule has 1 atom stereocenters. The molecule has 4 rings (SSSR count). The first-order valence-electron chi connectivity index (χ1n) is 13.7. The zero-order valence-electron chi connectivity index (χ0n) is 21.5. The maximum absolute atomic E-state index is 13.7. The van der Waals surface area contributed by atoms with Gasteiger partial charge in [0, 0.05) is 26.2 Å². The number of nitrogens with zero attached hydrogens (tertiary/aromatic N) is 2. The minimum atomic E-state index is -1.00. The van der Waals surface area contributed by atoms with E-state index in [2.05, 4.69) is 17.1 Å². The quantitative estimate of drug-likeness (QED) is 0.511. The van der Waals surface area contributed by atoms with E-state index in [0.29, 0.717) is 31.1 Å². The van der Waals surface area contributed by atoms with Crippen molar-refractivity contribution in [2.24, 2.45) is 5.92 Å². The van der Waals surface area contributed by atoms with Gasteiger partial charge in [0.25, 0.3) is 0 Å². The number of piperazine rings is 1. The number of benzene rings is 1. The summed E-state index contributed by atoms with van der Waals surface area (Å²) < 4.78 is 5.21. The van der Waals surface area contributed by atoms with E-state index in [4.69, 9.17) is 9.84 Å². The molecule has 2 saturated heterocycles. The summed E-state index contributed by atoms with van der Waals surface area (Å²) >= 11 is 0. The molecule has 198 valence electrons. The smallest absolute Gasteiger partial charge is 0.341 e. The van der Waals surface area contributed by atoms with Gasteiger partial charge in [-0.3, -0.25) is 14.5 Å². The van der Waals surface area contributed by atoms with E-state index in [1.807, 2.05) is 17.0 Å². The number of rotatable bonds is 10. The van der Waals surface area contributed by atoms with Gasteiger partial charge in [-0.15, -0.1) is 0 Å². The first kappa shape index (κ1) is 26.5. The molecule has 1 spiro atoms. The highest BCUT2D eigenvalue weighted by Gasteiger charge is 2.53. The largest absolute Gasteiger partial charge is 0.482 e. The van der Waals surface area contributed by atoms with E-state index >= 15 is 0 Å². The fourth-order valence-corrected chi connectivity index (χ4v) is 6.10. The standard InChI is InChI=1S/C28H41N3O5/c1-2-3-15-31-26(34)24(18-21-7-5-4-6-8-21)29-27(35)28(31)13-16-30(17-14-28)19-22-9-11-23(12-10-22)36-20-25(32)33/h9-12,21,24H,2-8,13-20H2,1H3,(H,29,35)(H,32,33)/t24-/m0/s1. The molecule has 1 aromatic carbocycles. The van der Waals surface area contributed by atoms with Crippen LogP contribution in [0.5, 0.6) is 5.75 Å². The molecule has 36 heavy (non-hydrogen) atoms. The molecular formula is C28H41N3O5. The molecule has 3 fully saturated rings. The second-order valence-electron chi connectivity index (χ2n) is 10.7. The minimum Gasteiger partial charge on any atom is -0.482 e. The molecule has 2 heterocycles. The Balaban J connectivity index is 1.38. The van der Waals surface area contributed by atoms with Crippen LogP contribution in [0.1, 0.15) is 76.7 Å². The Morgan fingerprint density at radius 2 is 1.81 bits per heavy atom. The normalized spacial score (nSPS) is 23.0. The average Bonchev–Trinajstić information content (AvgIpc) is 2.88. The summed E-state index contributed by atoms with van der Waals surface area (Å²) in [6.45, 7) is 4.65. The lowest BCUT2D eigenvalue weighted by Crippen LogP contribution is -2.73. The Labute approximate surface area is 214 Å². The number of carboxylic acids is 1. The second-order valence-corrected chi connectivity index (χ2v) is 10.7. The van der Waals surface area contributed by atoms with Crippen molar-refractivity contribution < 1.29 is 24.2 Å². The summed E-state index contributed by atoms with van der Waals surface area (Å²) in [7, 11) is 0. The van der Waals surface area contributed by atoms with Crippen LogP contribution in [0.15, 0.2) is 24.3 Å². The van der Waals surface area contributed by atoms with Crippen LogP contribution in [0.3, 0.4) is 0 Å². The molecule has 0 radical (unpaired) electrons. The van der Waals surface area contributed by atoms with Gasteiger partial charge < -0.3 is 20.1 Å². The summed E-state index contributed by atoms with van der Waals surface area (Å²) in [5.41, 5.74) is 0.369. The first-order chi connectivity index (χ1) is 17.4. The molecular weight excluding hydrogens is 458 g/mol. The summed E-state index contributed by atoms with van der Waals surface area (Å²) in [5.74, 6) is 0.237. The number of hydrogen-bond donors (Lipinski definition) is 2. The van der Waals surface area contributed by atoms with Crippen molar-refractivity contribution >= 4 is 17.8 Å². The van der Waals surface area contributed by atoms with Gasteiger partial charge >= 0.3 is 5.97 Å². The van der Waals surface area contributed by atoms with E-state index in [1.165, 1.54) is 32.1 Å². The predicted molar refractivity (Wildman–Crippen MR) is 137 cm³/mol. The Morgan fingerprint density at radius 3 is 2.44 bits per heavy atom. The summed E-state index contributed by atoms with van der Waals surface area (Å²) in [4.78, 5) is 42.2. The van der Waals surface area contributed by atoms with E-state index in [9.17, 15) is 14.4 Å². The number of aliphatic carboxylic acids is 1. The van der Waals surface area contributed by atoms with E-state index in [-0.39, 0.29) is 24.5 Å². The van der Waals surface area contributed by atoms with Crippen LogP contribution < -0.4 is 10.1 Å². The lowest BCUT2D eigenvalue weighted by Gasteiger charge is -2.52. The Hall–Kier alpha value is -2.61. The Kier molecular flexibility index (Phi) is 8.88. The van der Waals surface area contributed by atoms with Crippen molar-refractivity contribution in [3.8, 4) is 5.75 Å². The number of hydrogen-bond acceptors (Lipinski definition) is 5. The van der Waals surface area contributed by atoms with Crippen LogP contribution >= 0.6 is 0 Å². The number of carboxylic acid groups (broad SMARTS) is 1. The number of ether oxygens (including phenoxy) is 1. The van der Waals surface area contributed by atoms with Crippen molar-refractivity contribution in [3.05, 3.63) is 29.8 Å². The van der Waals surface area contributed by atoms with Crippen molar-refractivity contribution in [3.63, 3.8) is 0 Å². The Bertz CT molecular complexity index is 904. The van der Waals surface area contributed by atoms with Gasteiger partial charge in [0.05, 0.1) is 0 Å². The molecule has 1 aliphatic carbocycles. The van der Waals surface area contributed by atoms with Gasteiger partial charge in [0.15, 0.2) is 6.61 Å². The molecule has 8 nitrogen and oxygen atoms in total. The van der Waals surface area contributed by atoms with Crippen LogP contribution in [0.25, 0.3) is 0 Å². The SMILES string of the molecule is CCCCN1C(=O)[C@H](CC2CCCCC2)NC(=O)C12CCN(Cc1ccc(OCC(=O)O)cc1)CC2.